The maximum absolute atomic E-state index is 13.2. The van der Waals surface area contributed by atoms with Crippen LogP contribution >= 0.6 is 11.3 Å². The van der Waals surface area contributed by atoms with Gasteiger partial charge in [-0.05, 0) is 49.4 Å². The molecule has 30 heavy (non-hydrogen) atoms. The first-order valence-corrected chi connectivity index (χ1v) is 11.2. The Kier molecular flexibility index (Phi) is 5.19. The highest BCUT2D eigenvalue weighted by atomic mass is 32.1. The molecule has 6 heteroatoms. The van der Waals surface area contributed by atoms with E-state index in [1.54, 1.807) is 28.4 Å². The number of aromatic nitrogens is 3. The van der Waals surface area contributed by atoms with Gasteiger partial charge in [0, 0.05) is 23.7 Å². The van der Waals surface area contributed by atoms with E-state index in [1.807, 2.05) is 18.2 Å². The molecule has 0 saturated carbocycles. The molecule has 0 fully saturated rings. The quantitative estimate of drug-likeness (QED) is 0.537. The second-order valence-corrected chi connectivity index (χ2v) is 9.08. The molecule has 1 N–H and O–H groups in total. The van der Waals surface area contributed by atoms with Crippen molar-refractivity contribution >= 4 is 21.6 Å². The van der Waals surface area contributed by atoms with Gasteiger partial charge in [0.1, 0.15) is 4.83 Å². The van der Waals surface area contributed by atoms with Gasteiger partial charge in [0.2, 0.25) is 0 Å². The molecule has 1 aromatic carbocycles. The third kappa shape index (κ3) is 3.80. The minimum Gasteiger partial charge on any atom is -0.310 e. The number of thiophene rings is 1. The average Bonchev–Trinajstić information content (AvgIpc) is 3.13. The van der Waals surface area contributed by atoms with Gasteiger partial charge < -0.3 is 5.32 Å². The monoisotopic (exact) mass is 416 g/mol. The highest BCUT2D eigenvalue weighted by molar-refractivity contribution is 7.18. The number of benzene rings is 1. The standard InChI is InChI=1S/C24H24N4OS/c1-16-5-4-6-17(11-16)13-26-18-8-9-20-21(12-18)30-23-22(20)24(29)28(15-27-23)14-19-7-2-3-10-25-19/h2-7,10-11,15,18,26H,8-9,12-14H2,1H3/t18-/m1/s1. The molecule has 0 spiro atoms. The zero-order valence-corrected chi connectivity index (χ0v) is 17.8. The highest BCUT2D eigenvalue weighted by Gasteiger charge is 2.25. The summed E-state index contributed by atoms with van der Waals surface area (Å²) >= 11 is 1.68. The lowest BCUT2D eigenvalue weighted by Gasteiger charge is -2.23. The minimum atomic E-state index is 0.0503. The van der Waals surface area contributed by atoms with Gasteiger partial charge in [-0.25, -0.2) is 4.98 Å². The van der Waals surface area contributed by atoms with E-state index in [0.717, 1.165) is 41.7 Å². The van der Waals surface area contributed by atoms with Gasteiger partial charge in [-0.1, -0.05) is 35.9 Å². The number of hydrogen-bond acceptors (Lipinski definition) is 5. The molecule has 0 bridgehead atoms. The van der Waals surface area contributed by atoms with Crippen molar-refractivity contribution in [3.05, 3.63) is 92.6 Å². The fraction of sp³-hybridized carbons (Fsp3) is 0.292. The summed E-state index contributed by atoms with van der Waals surface area (Å²) in [6.45, 7) is 3.46. The maximum Gasteiger partial charge on any atom is 0.262 e. The van der Waals surface area contributed by atoms with Crippen LogP contribution in [0.15, 0.2) is 59.8 Å². The smallest absolute Gasteiger partial charge is 0.262 e. The van der Waals surface area contributed by atoms with E-state index in [1.165, 1.54) is 21.6 Å². The van der Waals surface area contributed by atoms with Crippen molar-refractivity contribution in [2.75, 3.05) is 0 Å². The number of nitrogens with one attached hydrogen (secondary N) is 1. The van der Waals surface area contributed by atoms with Crippen molar-refractivity contribution in [2.45, 2.75) is 45.3 Å². The fourth-order valence-corrected chi connectivity index (χ4v) is 5.50. The van der Waals surface area contributed by atoms with Gasteiger partial charge >= 0.3 is 0 Å². The maximum atomic E-state index is 13.2. The van der Waals surface area contributed by atoms with Gasteiger partial charge in [0.05, 0.1) is 24.0 Å². The lowest BCUT2D eigenvalue weighted by atomic mass is 9.93. The van der Waals surface area contributed by atoms with Crippen LogP contribution in [0.4, 0.5) is 0 Å². The van der Waals surface area contributed by atoms with E-state index in [2.05, 4.69) is 46.5 Å². The molecular formula is C24H24N4OS. The fourth-order valence-electron chi connectivity index (χ4n) is 4.24. The van der Waals surface area contributed by atoms with Crippen molar-refractivity contribution in [1.29, 1.82) is 0 Å². The van der Waals surface area contributed by atoms with Crippen molar-refractivity contribution in [1.82, 2.24) is 19.9 Å². The zero-order valence-electron chi connectivity index (χ0n) is 17.0. The highest BCUT2D eigenvalue weighted by Crippen LogP contribution is 2.33. The molecule has 3 heterocycles. The topological polar surface area (TPSA) is 59.8 Å². The molecular weight excluding hydrogens is 392 g/mol. The van der Waals surface area contributed by atoms with E-state index < -0.39 is 0 Å². The van der Waals surface area contributed by atoms with E-state index in [-0.39, 0.29) is 5.56 Å². The van der Waals surface area contributed by atoms with Gasteiger partial charge in [-0.15, -0.1) is 11.3 Å². The van der Waals surface area contributed by atoms with Gasteiger partial charge in [0.25, 0.3) is 5.56 Å². The number of rotatable bonds is 5. The van der Waals surface area contributed by atoms with Crippen molar-refractivity contribution in [3.63, 3.8) is 0 Å². The van der Waals surface area contributed by atoms with Crippen LogP contribution in [-0.2, 0) is 25.9 Å². The summed E-state index contributed by atoms with van der Waals surface area (Å²) in [6, 6.07) is 14.8. The Morgan fingerprint density at radius 2 is 2.13 bits per heavy atom. The van der Waals surface area contributed by atoms with Crippen LogP contribution in [0.2, 0.25) is 0 Å². The Labute approximate surface area is 179 Å². The Hall–Kier alpha value is -2.83. The first-order chi connectivity index (χ1) is 14.7. The summed E-state index contributed by atoms with van der Waals surface area (Å²) in [5.41, 5.74) is 4.73. The number of hydrogen-bond donors (Lipinski definition) is 1. The van der Waals surface area contributed by atoms with Crippen LogP contribution < -0.4 is 10.9 Å². The molecule has 152 valence electrons. The molecule has 5 nitrogen and oxygen atoms in total. The van der Waals surface area contributed by atoms with E-state index >= 15 is 0 Å². The van der Waals surface area contributed by atoms with Crippen molar-refractivity contribution < 1.29 is 0 Å². The van der Waals surface area contributed by atoms with Gasteiger partial charge in [-0.2, -0.15) is 0 Å². The molecule has 4 aromatic rings. The molecule has 5 rings (SSSR count). The van der Waals surface area contributed by atoms with Crippen LogP contribution in [0.25, 0.3) is 10.2 Å². The Balaban J connectivity index is 1.36. The van der Waals surface area contributed by atoms with Crippen LogP contribution in [0.1, 0.15) is 33.7 Å². The predicted molar refractivity (Wildman–Crippen MR) is 121 cm³/mol. The van der Waals surface area contributed by atoms with E-state index in [0.29, 0.717) is 12.6 Å². The first kappa shape index (κ1) is 19.2. The summed E-state index contributed by atoms with van der Waals surface area (Å²) in [4.78, 5) is 24.3. The Morgan fingerprint density at radius 3 is 2.97 bits per heavy atom. The van der Waals surface area contributed by atoms with Crippen LogP contribution in [0.5, 0.6) is 0 Å². The summed E-state index contributed by atoms with van der Waals surface area (Å²) < 4.78 is 1.68. The lowest BCUT2D eigenvalue weighted by Crippen LogP contribution is -2.33. The Morgan fingerprint density at radius 1 is 1.20 bits per heavy atom. The van der Waals surface area contributed by atoms with Gasteiger partial charge in [0.15, 0.2) is 0 Å². The van der Waals surface area contributed by atoms with Crippen LogP contribution in [0.3, 0.4) is 0 Å². The number of aryl methyl sites for hydroxylation is 2. The van der Waals surface area contributed by atoms with E-state index in [9.17, 15) is 4.79 Å². The molecule has 3 aromatic heterocycles. The number of fused-ring (bicyclic) bond motifs is 3. The SMILES string of the molecule is Cc1cccc(CN[C@@H]2CCc3c(sc4ncn(Cc5ccccn5)c(=O)c34)C2)c1. The summed E-state index contributed by atoms with van der Waals surface area (Å²) in [6.07, 6.45) is 6.34. The average molecular weight is 417 g/mol. The summed E-state index contributed by atoms with van der Waals surface area (Å²) in [7, 11) is 0. The third-order valence-electron chi connectivity index (χ3n) is 5.77. The molecule has 1 aliphatic rings. The Bertz CT molecular complexity index is 1250. The van der Waals surface area contributed by atoms with E-state index in [4.69, 9.17) is 0 Å². The molecule has 0 amide bonds. The summed E-state index contributed by atoms with van der Waals surface area (Å²) in [5, 5.41) is 4.51. The molecule has 0 saturated heterocycles. The van der Waals surface area contributed by atoms with Crippen molar-refractivity contribution in [3.8, 4) is 0 Å². The second-order valence-electron chi connectivity index (χ2n) is 7.99. The van der Waals surface area contributed by atoms with Crippen LogP contribution in [-0.4, -0.2) is 20.6 Å². The normalized spacial score (nSPS) is 16.0. The number of nitrogens with zero attached hydrogens (tertiary/aromatic N) is 3. The van der Waals surface area contributed by atoms with Gasteiger partial charge in [-0.3, -0.25) is 14.3 Å². The summed E-state index contributed by atoms with van der Waals surface area (Å²) in [5.74, 6) is 0. The lowest BCUT2D eigenvalue weighted by molar-refractivity contribution is 0.462. The zero-order chi connectivity index (χ0) is 20.5. The predicted octanol–water partition coefficient (Wildman–Crippen LogP) is 3.86. The third-order valence-corrected chi connectivity index (χ3v) is 6.93. The van der Waals surface area contributed by atoms with Crippen LogP contribution in [0, 0.1) is 6.92 Å². The minimum absolute atomic E-state index is 0.0503. The number of pyridine rings is 1. The molecule has 0 aliphatic heterocycles. The molecule has 1 aliphatic carbocycles. The first-order valence-electron chi connectivity index (χ1n) is 10.4. The molecule has 0 unspecified atom stereocenters. The largest absolute Gasteiger partial charge is 0.310 e. The second kappa shape index (κ2) is 8.13. The molecule has 1 atom stereocenters. The molecule has 0 radical (unpaired) electrons. The van der Waals surface area contributed by atoms with Crippen molar-refractivity contribution in [2.24, 2.45) is 0 Å².